The second kappa shape index (κ2) is 5.94. The molecule has 1 aromatic rings. The number of carbonyl (C=O) groups is 1. The third-order valence-electron chi connectivity index (χ3n) is 3.18. The lowest BCUT2D eigenvalue weighted by Gasteiger charge is -2.22. The van der Waals surface area contributed by atoms with Gasteiger partial charge in [0.2, 0.25) is 0 Å². The third kappa shape index (κ3) is 3.38. The van der Waals surface area contributed by atoms with E-state index in [2.05, 4.69) is 5.32 Å². The highest BCUT2D eigenvalue weighted by Crippen LogP contribution is 2.11. The van der Waals surface area contributed by atoms with Crippen molar-refractivity contribution in [2.75, 3.05) is 19.7 Å². The van der Waals surface area contributed by atoms with E-state index in [9.17, 15) is 4.79 Å². The van der Waals surface area contributed by atoms with E-state index in [1.54, 1.807) is 0 Å². The Labute approximate surface area is 102 Å². The Morgan fingerprint density at radius 3 is 2.76 bits per heavy atom. The zero-order valence-electron chi connectivity index (χ0n) is 10.2. The summed E-state index contributed by atoms with van der Waals surface area (Å²) in [6.07, 6.45) is 2.24. The van der Waals surface area contributed by atoms with Gasteiger partial charge < -0.3 is 10.1 Å². The van der Waals surface area contributed by atoms with E-state index in [0.717, 1.165) is 37.1 Å². The lowest BCUT2D eigenvalue weighted by atomic mass is 10.1. The molecule has 2 rings (SSSR count). The number of ketones is 1. The standard InChI is InChI=1S/C14H19NO2/c1-11-4-2-3-5-13(11)14(16)10-17-12-6-8-15-9-7-12/h2-5,12,15H,6-10H2,1H3. The Kier molecular flexibility index (Phi) is 4.29. The summed E-state index contributed by atoms with van der Waals surface area (Å²) in [7, 11) is 0. The zero-order valence-corrected chi connectivity index (χ0v) is 10.2. The van der Waals surface area contributed by atoms with Crippen LogP contribution in [-0.4, -0.2) is 31.6 Å². The van der Waals surface area contributed by atoms with Crippen LogP contribution in [0.4, 0.5) is 0 Å². The first-order chi connectivity index (χ1) is 8.27. The SMILES string of the molecule is Cc1ccccc1C(=O)COC1CCNCC1. The molecular weight excluding hydrogens is 214 g/mol. The third-order valence-corrected chi connectivity index (χ3v) is 3.18. The molecule has 0 aliphatic carbocycles. The number of benzene rings is 1. The fourth-order valence-electron chi connectivity index (χ4n) is 2.12. The molecule has 0 spiro atoms. The molecule has 1 fully saturated rings. The lowest BCUT2D eigenvalue weighted by molar-refractivity contribution is 0.0317. The van der Waals surface area contributed by atoms with Crippen LogP contribution in [0.2, 0.25) is 0 Å². The van der Waals surface area contributed by atoms with E-state index in [0.29, 0.717) is 0 Å². The number of carbonyl (C=O) groups excluding carboxylic acids is 1. The number of rotatable bonds is 4. The predicted molar refractivity (Wildman–Crippen MR) is 67.4 cm³/mol. The smallest absolute Gasteiger partial charge is 0.188 e. The van der Waals surface area contributed by atoms with Crippen molar-refractivity contribution in [1.29, 1.82) is 0 Å². The molecular formula is C14H19NO2. The van der Waals surface area contributed by atoms with Crippen LogP contribution < -0.4 is 5.32 Å². The zero-order chi connectivity index (χ0) is 12.1. The molecule has 17 heavy (non-hydrogen) atoms. The van der Waals surface area contributed by atoms with Gasteiger partial charge in [-0.2, -0.15) is 0 Å². The van der Waals surface area contributed by atoms with Crippen molar-refractivity contribution >= 4 is 5.78 Å². The first-order valence-corrected chi connectivity index (χ1v) is 6.18. The van der Waals surface area contributed by atoms with Crippen LogP contribution in [0.15, 0.2) is 24.3 Å². The molecule has 0 amide bonds. The average molecular weight is 233 g/mol. The molecule has 92 valence electrons. The molecule has 1 heterocycles. The maximum absolute atomic E-state index is 12.0. The van der Waals surface area contributed by atoms with Crippen LogP contribution in [0, 0.1) is 6.92 Å². The number of ether oxygens (including phenoxy) is 1. The first-order valence-electron chi connectivity index (χ1n) is 6.18. The van der Waals surface area contributed by atoms with Crippen molar-refractivity contribution in [1.82, 2.24) is 5.32 Å². The molecule has 0 unspecified atom stereocenters. The molecule has 0 saturated carbocycles. The molecule has 3 nitrogen and oxygen atoms in total. The lowest BCUT2D eigenvalue weighted by Crippen LogP contribution is -2.33. The number of nitrogens with one attached hydrogen (secondary N) is 1. The Morgan fingerprint density at radius 1 is 1.35 bits per heavy atom. The van der Waals surface area contributed by atoms with Crippen LogP contribution in [0.25, 0.3) is 0 Å². The molecule has 0 aromatic heterocycles. The highest BCUT2D eigenvalue weighted by molar-refractivity contribution is 5.98. The van der Waals surface area contributed by atoms with Gasteiger partial charge in [0, 0.05) is 5.56 Å². The second-order valence-corrected chi connectivity index (χ2v) is 4.50. The number of piperidine rings is 1. The van der Waals surface area contributed by atoms with Gasteiger partial charge in [-0.1, -0.05) is 24.3 Å². The monoisotopic (exact) mass is 233 g/mol. The van der Waals surface area contributed by atoms with Crippen LogP contribution >= 0.6 is 0 Å². The average Bonchev–Trinajstić information content (AvgIpc) is 2.38. The van der Waals surface area contributed by atoms with Gasteiger partial charge in [-0.15, -0.1) is 0 Å². The minimum Gasteiger partial charge on any atom is -0.370 e. The van der Waals surface area contributed by atoms with Gasteiger partial charge in [-0.05, 0) is 38.4 Å². The summed E-state index contributed by atoms with van der Waals surface area (Å²) in [5.41, 5.74) is 1.80. The van der Waals surface area contributed by atoms with Crippen LogP contribution in [-0.2, 0) is 4.74 Å². The normalized spacial score (nSPS) is 17.0. The Balaban J connectivity index is 1.87. The highest BCUT2D eigenvalue weighted by Gasteiger charge is 2.16. The molecule has 0 bridgehead atoms. The van der Waals surface area contributed by atoms with Crippen LogP contribution in [0.5, 0.6) is 0 Å². The number of Topliss-reactive ketones (excluding diaryl/α,β-unsaturated/α-hetero) is 1. The molecule has 0 radical (unpaired) electrons. The van der Waals surface area contributed by atoms with Gasteiger partial charge in [0.15, 0.2) is 5.78 Å². The summed E-state index contributed by atoms with van der Waals surface area (Å²) in [4.78, 5) is 12.0. The largest absolute Gasteiger partial charge is 0.370 e. The van der Waals surface area contributed by atoms with E-state index < -0.39 is 0 Å². The van der Waals surface area contributed by atoms with Crippen molar-refractivity contribution in [2.24, 2.45) is 0 Å². The van der Waals surface area contributed by atoms with E-state index in [-0.39, 0.29) is 18.5 Å². The summed E-state index contributed by atoms with van der Waals surface area (Å²) >= 11 is 0. The number of aryl methyl sites for hydroxylation is 1. The second-order valence-electron chi connectivity index (χ2n) is 4.50. The van der Waals surface area contributed by atoms with Crippen molar-refractivity contribution in [3.63, 3.8) is 0 Å². The van der Waals surface area contributed by atoms with Gasteiger partial charge >= 0.3 is 0 Å². The highest BCUT2D eigenvalue weighted by atomic mass is 16.5. The Morgan fingerprint density at radius 2 is 2.06 bits per heavy atom. The Hall–Kier alpha value is -1.19. The van der Waals surface area contributed by atoms with E-state index in [1.165, 1.54) is 0 Å². The predicted octanol–water partition coefficient (Wildman–Crippen LogP) is 1.95. The van der Waals surface area contributed by atoms with Crippen LogP contribution in [0.1, 0.15) is 28.8 Å². The van der Waals surface area contributed by atoms with E-state index >= 15 is 0 Å². The fourth-order valence-corrected chi connectivity index (χ4v) is 2.12. The molecule has 1 aliphatic rings. The molecule has 0 atom stereocenters. The van der Waals surface area contributed by atoms with Crippen LogP contribution in [0.3, 0.4) is 0 Å². The molecule has 1 saturated heterocycles. The van der Waals surface area contributed by atoms with E-state index in [4.69, 9.17) is 4.74 Å². The van der Waals surface area contributed by atoms with Crippen molar-refractivity contribution < 1.29 is 9.53 Å². The van der Waals surface area contributed by atoms with Gasteiger partial charge in [-0.3, -0.25) is 4.79 Å². The summed E-state index contributed by atoms with van der Waals surface area (Å²) in [5, 5.41) is 3.28. The number of hydrogen-bond acceptors (Lipinski definition) is 3. The van der Waals surface area contributed by atoms with Crippen molar-refractivity contribution in [3.05, 3.63) is 35.4 Å². The van der Waals surface area contributed by atoms with Crippen molar-refractivity contribution in [2.45, 2.75) is 25.9 Å². The number of hydrogen-bond donors (Lipinski definition) is 1. The quantitative estimate of drug-likeness (QED) is 0.808. The van der Waals surface area contributed by atoms with Gasteiger partial charge in [0.05, 0.1) is 6.10 Å². The maximum atomic E-state index is 12.0. The maximum Gasteiger partial charge on any atom is 0.188 e. The van der Waals surface area contributed by atoms with Gasteiger partial charge in [0.1, 0.15) is 6.61 Å². The minimum absolute atomic E-state index is 0.0848. The van der Waals surface area contributed by atoms with Gasteiger partial charge in [0.25, 0.3) is 0 Å². The molecule has 1 aliphatic heterocycles. The summed E-state index contributed by atoms with van der Waals surface area (Å²) in [6, 6.07) is 7.66. The summed E-state index contributed by atoms with van der Waals surface area (Å²) in [6.45, 7) is 4.14. The van der Waals surface area contributed by atoms with Gasteiger partial charge in [-0.25, -0.2) is 0 Å². The van der Waals surface area contributed by atoms with Crippen molar-refractivity contribution in [3.8, 4) is 0 Å². The molecule has 1 N–H and O–H groups in total. The first kappa shape index (κ1) is 12.3. The summed E-state index contributed by atoms with van der Waals surface area (Å²) < 4.78 is 5.66. The summed E-state index contributed by atoms with van der Waals surface area (Å²) in [5.74, 6) is 0.0848. The fraction of sp³-hybridized carbons (Fsp3) is 0.500. The Bertz CT molecular complexity index is 384. The minimum atomic E-state index is 0.0848. The molecule has 3 heteroatoms. The molecule has 1 aromatic carbocycles. The van der Waals surface area contributed by atoms with E-state index in [1.807, 2.05) is 31.2 Å². The topological polar surface area (TPSA) is 38.3 Å².